The Morgan fingerprint density at radius 2 is 1.67 bits per heavy atom. The van der Waals surface area contributed by atoms with Gasteiger partial charge in [-0.05, 0) is 23.6 Å². The smallest absolute Gasteiger partial charge is 0.256 e. The fourth-order valence-electron chi connectivity index (χ4n) is 2.12. The van der Waals surface area contributed by atoms with Gasteiger partial charge in [0, 0.05) is 5.02 Å². The predicted molar refractivity (Wildman–Crippen MR) is 85.2 cm³/mol. The zero-order valence-electron chi connectivity index (χ0n) is 11.4. The fourth-order valence-corrected chi connectivity index (χ4v) is 2.33. The molecule has 2 aromatic rings. The highest BCUT2D eigenvalue weighted by molar-refractivity contribution is 6.31. The number of nitrogens with two attached hydrogens (primary N) is 2. The Morgan fingerprint density at radius 3 is 2.29 bits per heavy atom. The highest BCUT2D eigenvalue weighted by Gasteiger charge is 2.21. The number of guanidine groups is 1. The molecule has 2 rings (SSSR count). The van der Waals surface area contributed by atoms with E-state index in [9.17, 15) is 4.79 Å². The molecule has 4 nitrogen and oxygen atoms in total. The van der Waals surface area contributed by atoms with E-state index in [4.69, 9.17) is 23.1 Å². The SMILES string of the molecule is NC(N)=NC(=O)C(Cc1ccccc1Cl)c1ccccc1. The highest BCUT2D eigenvalue weighted by atomic mass is 35.5. The third-order valence-electron chi connectivity index (χ3n) is 3.12. The fraction of sp³-hybridized carbons (Fsp3) is 0.125. The van der Waals surface area contributed by atoms with Crippen molar-refractivity contribution in [2.75, 3.05) is 0 Å². The van der Waals surface area contributed by atoms with Gasteiger partial charge in [-0.25, -0.2) is 0 Å². The van der Waals surface area contributed by atoms with Crippen molar-refractivity contribution in [1.29, 1.82) is 0 Å². The minimum absolute atomic E-state index is 0.236. The molecule has 1 amide bonds. The van der Waals surface area contributed by atoms with E-state index in [2.05, 4.69) is 4.99 Å². The molecule has 108 valence electrons. The Balaban J connectivity index is 2.35. The van der Waals surface area contributed by atoms with Gasteiger partial charge in [0.2, 0.25) is 0 Å². The summed E-state index contributed by atoms with van der Waals surface area (Å²) in [5.74, 6) is -1.07. The van der Waals surface area contributed by atoms with Gasteiger partial charge in [-0.15, -0.1) is 0 Å². The van der Waals surface area contributed by atoms with Crippen molar-refractivity contribution in [2.45, 2.75) is 12.3 Å². The van der Waals surface area contributed by atoms with Crippen molar-refractivity contribution in [3.63, 3.8) is 0 Å². The summed E-state index contributed by atoms with van der Waals surface area (Å²) >= 11 is 6.17. The average molecular weight is 302 g/mol. The molecule has 0 radical (unpaired) electrons. The van der Waals surface area contributed by atoms with Crippen LogP contribution >= 0.6 is 11.6 Å². The summed E-state index contributed by atoms with van der Waals surface area (Å²) < 4.78 is 0. The molecule has 0 aromatic heterocycles. The monoisotopic (exact) mass is 301 g/mol. The summed E-state index contributed by atoms with van der Waals surface area (Å²) in [5.41, 5.74) is 12.4. The molecule has 0 fully saturated rings. The predicted octanol–water partition coefficient (Wildman–Crippen LogP) is 2.47. The average Bonchev–Trinajstić information content (AvgIpc) is 2.46. The van der Waals surface area contributed by atoms with E-state index in [1.165, 1.54) is 0 Å². The van der Waals surface area contributed by atoms with Crippen LogP contribution in [0.3, 0.4) is 0 Å². The van der Waals surface area contributed by atoms with Crippen LogP contribution in [0.15, 0.2) is 59.6 Å². The second-order valence-electron chi connectivity index (χ2n) is 4.63. The third kappa shape index (κ3) is 4.07. The van der Waals surface area contributed by atoms with Crippen LogP contribution in [-0.4, -0.2) is 11.9 Å². The Hall–Kier alpha value is -2.33. The summed E-state index contributed by atoms with van der Waals surface area (Å²) in [7, 11) is 0. The van der Waals surface area contributed by atoms with Crippen molar-refractivity contribution in [2.24, 2.45) is 16.5 Å². The van der Waals surface area contributed by atoms with Gasteiger partial charge in [0.05, 0.1) is 5.92 Å². The molecule has 1 atom stereocenters. The van der Waals surface area contributed by atoms with Crippen LogP contribution in [0.1, 0.15) is 17.0 Å². The Bertz CT molecular complexity index is 652. The molecule has 5 heteroatoms. The summed E-state index contributed by atoms with van der Waals surface area (Å²) in [6, 6.07) is 16.8. The van der Waals surface area contributed by atoms with E-state index >= 15 is 0 Å². The molecule has 0 saturated heterocycles. The number of benzene rings is 2. The van der Waals surface area contributed by atoms with Gasteiger partial charge in [-0.2, -0.15) is 4.99 Å². The standard InChI is InChI=1S/C16H16ClN3O/c17-14-9-5-4-8-12(14)10-13(15(21)20-16(18)19)11-6-2-1-3-7-11/h1-9,13H,10H2,(H4,18,19,20,21). The molecule has 21 heavy (non-hydrogen) atoms. The first-order valence-electron chi connectivity index (χ1n) is 6.49. The summed E-state index contributed by atoms with van der Waals surface area (Å²) in [6.07, 6.45) is 0.444. The van der Waals surface area contributed by atoms with Gasteiger partial charge in [-0.3, -0.25) is 4.79 Å². The van der Waals surface area contributed by atoms with Gasteiger partial charge < -0.3 is 11.5 Å². The number of hydrogen-bond donors (Lipinski definition) is 2. The number of carbonyl (C=O) groups is 1. The normalized spacial score (nSPS) is 11.7. The van der Waals surface area contributed by atoms with Gasteiger partial charge >= 0.3 is 0 Å². The number of rotatable bonds is 4. The van der Waals surface area contributed by atoms with Crippen LogP contribution in [0, 0.1) is 0 Å². The topological polar surface area (TPSA) is 81.5 Å². The van der Waals surface area contributed by atoms with Crippen LogP contribution < -0.4 is 11.5 Å². The molecular formula is C16H16ClN3O. The molecular weight excluding hydrogens is 286 g/mol. The second-order valence-corrected chi connectivity index (χ2v) is 5.04. The molecule has 0 aliphatic rings. The minimum Gasteiger partial charge on any atom is -0.370 e. The number of nitrogens with zero attached hydrogens (tertiary/aromatic N) is 1. The van der Waals surface area contributed by atoms with Crippen molar-refractivity contribution < 1.29 is 4.79 Å². The maximum absolute atomic E-state index is 12.3. The number of aliphatic imine (C=N–C) groups is 1. The molecule has 0 heterocycles. The van der Waals surface area contributed by atoms with Crippen LogP contribution in [0.2, 0.25) is 5.02 Å². The van der Waals surface area contributed by atoms with Crippen LogP contribution in [0.5, 0.6) is 0 Å². The molecule has 0 bridgehead atoms. The maximum atomic E-state index is 12.3. The number of halogens is 1. The quantitative estimate of drug-likeness (QED) is 0.672. The number of amides is 1. The summed E-state index contributed by atoms with van der Waals surface area (Å²) in [6.45, 7) is 0. The van der Waals surface area contributed by atoms with Gasteiger partial charge in [0.1, 0.15) is 0 Å². The van der Waals surface area contributed by atoms with E-state index < -0.39 is 5.92 Å². The zero-order chi connectivity index (χ0) is 15.2. The Kier molecular flexibility index (Phi) is 4.95. The number of hydrogen-bond acceptors (Lipinski definition) is 1. The Labute approximate surface area is 128 Å². The third-order valence-corrected chi connectivity index (χ3v) is 3.49. The molecule has 4 N–H and O–H groups in total. The molecule has 0 saturated carbocycles. The van der Waals surface area contributed by atoms with Crippen LogP contribution in [0.25, 0.3) is 0 Å². The van der Waals surface area contributed by atoms with Gasteiger partial charge in [0.15, 0.2) is 5.96 Å². The maximum Gasteiger partial charge on any atom is 0.256 e. The first kappa shape index (κ1) is 15.1. The molecule has 1 unspecified atom stereocenters. The Morgan fingerprint density at radius 1 is 1.05 bits per heavy atom. The van der Waals surface area contributed by atoms with Crippen LogP contribution in [0.4, 0.5) is 0 Å². The lowest BCUT2D eigenvalue weighted by Crippen LogP contribution is -2.26. The van der Waals surface area contributed by atoms with Crippen molar-refractivity contribution >= 4 is 23.5 Å². The van der Waals surface area contributed by atoms with Crippen molar-refractivity contribution in [3.05, 3.63) is 70.7 Å². The second kappa shape index (κ2) is 6.90. The van der Waals surface area contributed by atoms with Crippen molar-refractivity contribution in [3.8, 4) is 0 Å². The lowest BCUT2D eigenvalue weighted by molar-refractivity contribution is -0.119. The highest BCUT2D eigenvalue weighted by Crippen LogP contribution is 2.26. The van der Waals surface area contributed by atoms with Crippen molar-refractivity contribution in [1.82, 2.24) is 0 Å². The van der Waals surface area contributed by atoms with Gasteiger partial charge in [-0.1, -0.05) is 60.1 Å². The lowest BCUT2D eigenvalue weighted by atomic mass is 9.91. The molecule has 2 aromatic carbocycles. The largest absolute Gasteiger partial charge is 0.370 e. The minimum atomic E-state index is -0.465. The molecule has 0 aliphatic heterocycles. The zero-order valence-corrected chi connectivity index (χ0v) is 12.1. The van der Waals surface area contributed by atoms with Gasteiger partial charge in [0.25, 0.3) is 5.91 Å². The first-order valence-corrected chi connectivity index (χ1v) is 6.87. The molecule has 0 spiro atoms. The number of carbonyl (C=O) groups excluding carboxylic acids is 1. The van der Waals surface area contributed by atoms with E-state index in [1.807, 2.05) is 48.5 Å². The summed E-state index contributed by atoms with van der Waals surface area (Å²) in [4.78, 5) is 15.9. The van der Waals surface area contributed by atoms with E-state index in [0.29, 0.717) is 11.4 Å². The van der Waals surface area contributed by atoms with E-state index in [-0.39, 0.29) is 11.9 Å². The van der Waals surface area contributed by atoms with E-state index in [1.54, 1.807) is 6.07 Å². The van der Waals surface area contributed by atoms with Crippen LogP contribution in [-0.2, 0) is 11.2 Å². The first-order chi connectivity index (χ1) is 10.1. The van der Waals surface area contributed by atoms with E-state index in [0.717, 1.165) is 11.1 Å². The lowest BCUT2D eigenvalue weighted by Gasteiger charge is -2.15. The molecule has 0 aliphatic carbocycles. The summed E-state index contributed by atoms with van der Waals surface area (Å²) in [5, 5.41) is 0.621.